The molecule has 15 aromatic rings. The molecule has 0 fully saturated rings. The maximum atomic E-state index is 11.5. The second kappa shape index (κ2) is 55.2. The summed E-state index contributed by atoms with van der Waals surface area (Å²) in [4.78, 5) is 41.1. The highest BCUT2D eigenvalue weighted by molar-refractivity contribution is 7.89. The summed E-state index contributed by atoms with van der Waals surface area (Å²) in [6.07, 6.45) is 2.74. The Labute approximate surface area is 942 Å². The molecule has 5 heterocycles. The van der Waals surface area contributed by atoms with E-state index in [1.54, 1.807) is 128 Å². The SMILES string of the molecule is CC(=NCC(=S)Cc1ccc(C(N)=O)cc1)c1csc(-c2ccc(Cl)c(Cl)c2)c1O.CC(=NCC(=S)Cc1ccc(O)cc1)c1csc(-c2ccc(Cl)c(Cl)c2)c1O.CC(=NCC(=S)Cc1cccc(CO)c1)c1csc(-c2ccc(Cl)c(Cl)c2)c1O.CC(=NCC(=S)Cc1cccc(O)c1)c1csc(-c2ccc(Cl)c(Cl)c2)c1O.CC(=NCC(=S)Cc1cccc(S(N)(=O)=O)c1)c1csc(-c2ccc(Cl)c(Cl)c2)c1O. The van der Waals surface area contributed by atoms with Crippen molar-refractivity contribution in [3.05, 3.63) is 356 Å². The summed E-state index contributed by atoms with van der Waals surface area (Å²) in [5.74, 6) is 0.797. The van der Waals surface area contributed by atoms with Gasteiger partial charge in [0.25, 0.3) is 0 Å². The highest BCUT2D eigenvalue weighted by Crippen LogP contribution is 2.47. The minimum Gasteiger partial charge on any atom is -0.508 e. The molecule has 12 N–H and O–H groups in total. The Morgan fingerprint density at radius 2 is 0.548 bits per heavy atom. The summed E-state index contributed by atoms with van der Waals surface area (Å²) in [7, 11) is -3.77. The van der Waals surface area contributed by atoms with Crippen LogP contribution in [0.3, 0.4) is 0 Å². The molecule has 15 rings (SSSR count). The average Bonchev–Trinajstić information content (AvgIpc) is 1.68. The number of amides is 1. The molecule has 0 saturated heterocycles. The number of aliphatic hydroxyl groups excluding tert-OH is 1. The van der Waals surface area contributed by atoms with Gasteiger partial charge in [0.1, 0.15) is 40.2 Å². The van der Waals surface area contributed by atoms with Crippen LogP contribution in [0.15, 0.2) is 269 Å². The molecule has 39 heteroatoms. The zero-order chi connectivity index (χ0) is 106. The van der Waals surface area contributed by atoms with Gasteiger partial charge in [0.2, 0.25) is 15.9 Å². The quantitative estimate of drug-likeness (QED) is 0.0135. The Morgan fingerprint density at radius 3 is 0.808 bits per heavy atom. The van der Waals surface area contributed by atoms with Gasteiger partial charge in [-0.05, 0) is 205 Å². The van der Waals surface area contributed by atoms with E-state index in [1.807, 2.05) is 133 Å². The molecule has 1 amide bonds. The maximum absolute atomic E-state index is 11.5. The largest absolute Gasteiger partial charge is 0.508 e. The number of aromatic hydroxyl groups is 7. The standard InChI is InChI=1S/C22H18Cl2N2O2S2.C22H19Cl2NO2S2.C21H18Cl2N2O3S3.2C21H17Cl2NO2S2/c1-12(26-10-16(29)8-13-2-4-14(5-3-13)22(25)28)17-11-30-21(20(17)27)15-6-7-18(23)19(24)9-15;1-13(25-10-17(28)8-14-3-2-4-15(7-14)11-26)18-12-29-22(21(18)27)16-5-6-19(23)20(24)9-16;1-12(17-11-30-21(20(17)26)14-5-6-18(22)19(23)9-14)25-10-15(29)7-13-3-2-4-16(8-13)31(24,27)28;1-12(24-10-16(27)8-13-2-5-15(25)6-3-13)17-11-28-21(20(17)26)14-4-7-18(22)19(23)9-14;1-12(24-10-16(27)8-13-3-2-4-15(25)7-13)17-11-28-21(20(17)26)14-5-6-18(22)19(23)9-14/h2-7,9,11,27H,8,10H2,1H3,(H2,25,28);2-7,9,12,26-27H,8,10-11H2,1H3;2-6,8-9,11,26H,7,10H2,1H3,(H2,24,27,28);2*2-7,9,11,25-26H,8,10H2,1H3. The fourth-order valence-electron chi connectivity index (χ4n) is 13.9. The number of nitrogens with two attached hydrogens (primary N) is 2. The first kappa shape index (κ1) is 117. The number of primary sulfonamides is 1. The summed E-state index contributed by atoms with van der Waals surface area (Å²) >= 11 is 94.5. The van der Waals surface area contributed by atoms with Gasteiger partial charge in [0.15, 0.2) is 0 Å². The number of thiocarbonyl (C=S) groups is 5. The monoisotopic (exact) mass is 2350 g/mol. The van der Waals surface area contributed by atoms with Crippen LogP contribution in [0.2, 0.25) is 50.2 Å². The molecule has 0 saturated carbocycles. The topological polar surface area (TPSA) is 327 Å². The van der Waals surface area contributed by atoms with Crippen LogP contribution < -0.4 is 10.9 Å². The molecule has 0 radical (unpaired) electrons. The molecule has 0 aliphatic rings. The lowest BCUT2D eigenvalue weighted by Crippen LogP contribution is -2.13. The molecule has 0 unspecified atom stereocenters. The van der Waals surface area contributed by atoms with E-state index in [9.17, 15) is 54.1 Å². The molecule has 0 spiro atoms. The summed E-state index contributed by atoms with van der Waals surface area (Å²) in [5.41, 5.74) is 22.1. The summed E-state index contributed by atoms with van der Waals surface area (Å²) < 4.78 is 23.0. The molecule has 0 aliphatic carbocycles. The zero-order valence-corrected chi connectivity index (χ0v) is 94.4. The van der Waals surface area contributed by atoms with E-state index in [-0.39, 0.29) is 58.3 Å². The lowest BCUT2D eigenvalue weighted by Gasteiger charge is -2.06. The predicted molar refractivity (Wildman–Crippen MR) is 635 cm³/mol. The molecule has 0 bridgehead atoms. The van der Waals surface area contributed by atoms with Crippen LogP contribution in [0.5, 0.6) is 40.2 Å². The predicted octanol–water partition coefficient (Wildman–Crippen LogP) is 30.9. The number of carbonyl (C=O) groups excluding carboxylic acids is 1. The number of benzene rings is 10. The molecule has 754 valence electrons. The molecule has 5 aromatic heterocycles. The number of primary amides is 1. The van der Waals surface area contributed by atoms with Gasteiger partial charge >= 0.3 is 0 Å². The van der Waals surface area contributed by atoms with Gasteiger partial charge in [-0.25, -0.2) is 13.6 Å². The number of aliphatic imine (C=N–C) groups is 5. The van der Waals surface area contributed by atoms with Crippen LogP contribution in [0.4, 0.5) is 0 Å². The average molecular weight is 2360 g/mol. The zero-order valence-electron chi connectivity index (χ0n) is 77.8. The number of aliphatic hydroxyl groups is 1. The third kappa shape index (κ3) is 33.4. The molecule has 146 heavy (non-hydrogen) atoms. The van der Waals surface area contributed by atoms with Gasteiger partial charge in [-0.15, -0.1) is 56.7 Å². The van der Waals surface area contributed by atoms with Crippen molar-refractivity contribution in [2.24, 2.45) is 35.8 Å². The third-order valence-corrected chi connectivity index (χ3v) is 32.7. The second-order valence-corrected chi connectivity index (χ2v) is 45.4. The van der Waals surface area contributed by atoms with Gasteiger partial charge < -0.3 is 46.6 Å². The van der Waals surface area contributed by atoms with Crippen molar-refractivity contribution in [3.63, 3.8) is 0 Å². The van der Waals surface area contributed by atoms with Crippen LogP contribution in [0, 0.1) is 0 Å². The highest BCUT2D eigenvalue weighted by Gasteiger charge is 2.24. The smallest absolute Gasteiger partial charge is 0.248 e. The lowest BCUT2D eigenvalue weighted by molar-refractivity contribution is 0.1000. The number of phenolic OH excluding ortho intramolecular Hbond substituents is 2. The summed E-state index contributed by atoms with van der Waals surface area (Å²) in [6, 6.07) is 61.3. The van der Waals surface area contributed by atoms with Gasteiger partial charge in [-0.1, -0.05) is 280 Å². The highest BCUT2D eigenvalue weighted by atomic mass is 35.5. The van der Waals surface area contributed by atoms with Crippen molar-refractivity contribution >= 4 is 303 Å². The van der Waals surface area contributed by atoms with E-state index >= 15 is 0 Å². The van der Waals surface area contributed by atoms with E-state index in [2.05, 4.69) is 25.0 Å². The Hall–Kier alpha value is -9.66. The summed E-state index contributed by atoms with van der Waals surface area (Å²) in [5, 5.41) is 100. The van der Waals surface area contributed by atoms with Crippen LogP contribution in [-0.4, -0.2) is 141 Å². The Morgan fingerprint density at radius 1 is 0.301 bits per heavy atom. The number of hydrogen-bond acceptors (Lipinski definition) is 26. The molecule has 0 atom stereocenters. The Kier molecular flexibility index (Phi) is 44.1. The van der Waals surface area contributed by atoms with Crippen molar-refractivity contribution in [2.45, 2.75) is 78.2 Å². The third-order valence-electron chi connectivity index (χ3n) is 21.6. The first-order chi connectivity index (χ1) is 69.4. The number of rotatable bonds is 33. The van der Waals surface area contributed by atoms with Crippen LogP contribution in [0.1, 0.15) is 106 Å². The van der Waals surface area contributed by atoms with Crippen LogP contribution >= 0.6 is 234 Å². The summed E-state index contributed by atoms with van der Waals surface area (Å²) in [6.45, 7) is 11.0. The molecule has 0 aliphatic heterocycles. The first-order valence-electron chi connectivity index (χ1n) is 43.6. The number of carbonyl (C=O) groups is 1. The van der Waals surface area contributed by atoms with Crippen molar-refractivity contribution < 1.29 is 54.1 Å². The fourth-order valence-corrected chi connectivity index (χ4v) is 22.1. The normalized spacial score (nSPS) is 11.7. The van der Waals surface area contributed by atoms with Crippen LogP contribution in [0.25, 0.3) is 52.2 Å². The maximum Gasteiger partial charge on any atom is 0.248 e. The molecular formula is C107H89Cl10N7O11S11. The van der Waals surface area contributed by atoms with E-state index in [1.165, 1.54) is 68.8 Å². The van der Waals surface area contributed by atoms with Gasteiger partial charge in [0, 0.05) is 145 Å². The van der Waals surface area contributed by atoms with E-state index in [4.69, 9.17) is 188 Å². The van der Waals surface area contributed by atoms with Gasteiger partial charge in [0.05, 0.1) is 119 Å². The Bertz CT molecular complexity index is 7670. The van der Waals surface area contributed by atoms with E-state index < -0.39 is 15.9 Å². The lowest BCUT2D eigenvalue weighted by atomic mass is 10.1. The number of phenols is 2. The van der Waals surface area contributed by atoms with Crippen molar-refractivity contribution in [1.29, 1.82) is 0 Å². The minimum absolute atomic E-state index is 0.0104. The molecular weight excluding hydrogens is 2270 g/mol. The van der Waals surface area contributed by atoms with Gasteiger partial charge in [-0.2, -0.15) is 0 Å². The van der Waals surface area contributed by atoms with Crippen LogP contribution in [-0.2, 0) is 48.7 Å². The van der Waals surface area contributed by atoms with Crippen molar-refractivity contribution in [2.75, 3.05) is 32.7 Å². The van der Waals surface area contributed by atoms with E-state index in [0.717, 1.165) is 96.1 Å². The minimum atomic E-state index is -3.77. The number of thiophene rings is 5. The molecule has 18 nitrogen and oxygen atoms in total. The van der Waals surface area contributed by atoms with E-state index in [0.29, 0.717) is 184 Å². The number of sulfonamides is 1. The van der Waals surface area contributed by atoms with Crippen molar-refractivity contribution in [1.82, 2.24) is 0 Å². The first-order valence-corrected chi connectivity index (χ1v) is 55.4. The molecule has 10 aromatic carbocycles. The number of nitrogens with zero attached hydrogens (tertiary/aromatic N) is 5. The second-order valence-electron chi connectivity index (χ2n) is 32.4. The van der Waals surface area contributed by atoms with Crippen molar-refractivity contribution in [3.8, 4) is 92.4 Å². The number of halogens is 10. The Balaban J connectivity index is 0.000000174. The van der Waals surface area contributed by atoms with Gasteiger partial charge in [-0.3, -0.25) is 29.8 Å². The number of hydrogen-bond donors (Lipinski definition) is 10. The fraction of sp³-hybridized carbons (Fsp3) is 0.150.